The summed E-state index contributed by atoms with van der Waals surface area (Å²) in [5, 5.41) is 17.9. The molecule has 0 N–H and O–H groups in total. The second kappa shape index (κ2) is 17.3. The van der Waals surface area contributed by atoms with Gasteiger partial charge in [0.1, 0.15) is 0 Å². The predicted octanol–water partition coefficient (Wildman–Crippen LogP) is 16.1. The Morgan fingerprint density at radius 2 is 0.613 bits per heavy atom. The summed E-state index contributed by atoms with van der Waals surface area (Å²) in [5.74, 6) is 0. The lowest BCUT2D eigenvalue weighted by molar-refractivity contribution is 1.17. The maximum atomic E-state index is 2.55. The molecule has 0 saturated carbocycles. The van der Waals surface area contributed by atoms with Crippen LogP contribution < -0.4 is 20.7 Å². The molecule has 15 aromatic rings. The van der Waals surface area contributed by atoms with E-state index in [9.17, 15) is 0 Å². The van der Waals surface area contributed by atoms with E-state index in [1.54, 1.807) is 0 Å². The summed E-state index contributed by atoms with van der Waals surface area (Å²) >= 11 is 0. The van der Waals surface area contributed by atoms with E-state index < -0.39 is 8.07 Å². The monoisotopic (exact) mass is 968 g/mol. The largest absolute Gasteiger partial charge is 0.309 e. The van der Waals surface area contributed by atoms with Crippen molar-refractivity contribution in [2.75, 3.05) is 0 Å². The van der Waals surface area contributed by atoms with Crippen molar-refractivity contribution in [3.63, 3.8) is 0 Å². The fourth-order valence-electron chi connectivity index (χ4n) is 12.8. The molecule has 2 nitrogen and oxygen atoms in total. The summed E-state index contributed by atoms with van der Waals surface area (Å²) in [6, 6.07) is 109. The van der Waals surface area contributed by atoms with Crippen LogP contribution in [0.1, 0.15) is 0 Å². The third-order valence-corrected chi connectivity index (χ3v) is 20.7. The van der Waals surface area contributed by atoms with E-state index >= 15 is 0 Å². The van der Waals surface area contributed by atoms with Crippen LogP contribution in [0.4, 0.5) is 0 Å². The van der Waals surface area contributed by atoms with Crippen LogP contribution in [0.25, 0.3) is 110 Å². The average molecular weight is 969 g/mol. The van der Waals surface area contributed by atoms with E-state index in [1.165, 1.54) is 119 Å². The number of hydrogen-bond acceptors (Lipinski definition) is 0. The van der Waals surface area contributed by atoms with E-state index in [0.717, 1.165) is 11.4 Å². The fraction of sp³-hybridized carbons (Fsp3) is 0. The molecule has 0 atom stereocenters. The van der Waals surface area contributed by atoms with Gasteiger partial charge in [-0.3, -0.25) is 0 Å². The van der Waals surface area contributed by atoms with Gasteiger partial charge in [-0.05, 0) is 125 Å². The zero-order valence-corrected chi connectivity index (χ0v) is 42.1. The van der Waals surface area contributed by atoms with Crippen LogP contribution in [0.5, 0.6) is 0 Å². The molecule has 0 amide bonds. The Morgan fingerprint density at radius 1 is 0.200 bits per heavy atom. The molecule has 350 valence electrons. The Labute approximate surface area is 436 Å². The summed E-state index contributed by atoms with van der Waals surface area (Å²) in [6.07, 6.45) is 0. The molecule has 13 aromatic carbocycles. The van der Waals surface area contributed by atoms with Crippen LogP contribution in [-0.4, -0.2) is 17.2 Å². The van der Waals surface area contributed by atoms with E-state index in [-0.39, 0.29) is 0 Å². The Kier molecular flexibility index (Phi) is 9.94. The average Bonchev–Trinajstić information content (AvgIpc) is 4.02. The smallest absolute Gasteiger partial charge is 0.179 e. The SMILES string of the molecule is c1ccc(-c2cc(-c3ccccc3)cc([Si](c3ccccc3)(c3ccccc3)c3cccc(-n4c5ccc(-n6c7ccccc7c7ccccc76)cc5c5c6c7ccccc7c7ccccc7c6ccc54)c3)c2)cc1. The number of nitrogens with zero attached hydrogens (tertiary/aromatic N) is 2. The van der Waals surface area contributed by atoms with Crippen molar-refractivity contribution >= 4 is 105 Å². The number of benzene rings is 13. The van der Waals surface area contributed by atoms with E-state index in [4.69, 9.17) is 0 Å². The number of para-hydroxylation sites is 2. The Morgan fingerprint density at radius 3 is 1.19 bits per heavy atom. The standard InChI is InChI=1S/C72H48N2Si/c1-5-22-49(23-6-1)51-44-52(50-24-7-2-8-25-50)46-58(45-51)75(55-27-9-3-10-28-55,56-29-11-4-12-30-56)57-31-21-26-53(47-57)74-69-42-40-54(73-67-38-19-17-35-62(67)63-36-18-20-39-68(63)73)48-66(69)72-70(74)43-41-65-61-34-14-13-32-59(61)60-33-15-16-37-64(60)71(65)72/h1-48H. The lowest BCUT2D eigenvalue weighted by atomic mass is 9.92. The van der Waals surface area contributed by atoms with Crippen LogP contribution in [0.2, 0.25) is 0 Å². The van der Waals surface area contributed by atoms with Gasteiger partial charge in [-0.2, -0.15) is 0 Å². The van der Waals surface area contributed by atoms with E-state index in [1.807, 2.05) is 0 Å². The quantitative estimate of drug-likeness (QED) is 0.0816. The number of rotatable bonds is 8. The minimum absolute atomic E-state index is 1.13. The highest BCUT2D eigenvalue weighted by molar-refractivity contribution is 7.20. The summed E-state index contributed by atoms with van der Waals surface area (Å²) in [7, 11) is -3.13. The molecule has 0 saturated heterocycles. The summed E-state index contributed by atoms with van der Waals surface area (Å²) in [6.45, 7) is 0. The van der Waals surface area contributed by atoms with Gasteiger partial charge in [0.15, 0.2) is 8.07 Å². The van der Waals surface area contributed by atoms with Crippen molar-refractivity contribution in [1.82, 2.24) is 9.13 Å². The minimum atomic E-state index is -3.13. The molecule has 0 aliphatic rings. The van der Waals surface area contributed by atoms with Gasteiger partial charge in [0.25, 0.3) is 0 Å². The maximum Gasteiger partial charge on any atom is 0.179 e. The maximum absolute atomic E-state index is 3.13. The van der Waals surface area contributed by atoms with Crippen molar-refractivity contribution in [1.29, 1.82) is 0 Å². The zero-order valence-electron chi connectivity index (χ0n) is 41.1. The number of fused-ring (bicyclic) bond motifs is 13. The van der Waals surface area contributed by atoms with Crippen molar-refractivity contribution < 1.29 is 0 Å². The highest BCUT2D eigenvalue weighted by atomic mass is 28.3. The topological polar surface area (TPSA) is 9.86 Å². The van der Waals surface area contributed by atoms with Crippen molar-refractivity contribution in [2.45, 2.75) is 0 Å². The zero-order chi connectivity index (χ0) is 49.5. The minimum Gasteiger partial charge on any atom is -0.309 e. The lowest BCUT2D eigenvalue weighted by Crippen LogP contribution is -2.74. The fourth-order valence-corrected chi connectivity index (χ4v) is 17.6. The molecule has 0 spiro atoms. The van der Waals surface area contributed by atoms with Crippen LogP contribution in [-0.2, 0) is 0 Å². The van der Waals surface area contributed by atoms with Gasteiger partial charge in [0, 0.05) is 38.3 Å². The van der Waals surface area contributed by atoms with Crippen LogP contribution in [0.3, 0.4) is 0 Å². The molecule has 0 aliphatic heterocycles. The second-order valence-corrected chi connectivity index (χ2v) is 23.8. The molecule has 2 heterocycles. The summed E-state index contributed by atoms with van der Waals surface area (Å²) < 4.78 is 5.01. The van der Waals surface area contributed by atoms with Crippen LogP contribution in [0.15, 0.2) is 291 Å². The molecule has 0 aliphatic carbocycles. The molecule has 75 heavy (non-hydrogen) atoms. The van der Waals surface area contributed by atoms with Crippen LogP contribution >= 0.6 is 0 Å². The number of aromatic nitrogens is 2. The molecule has 0 radical (unpaired) electrons. The first kappa shape index (κ1) is 43.1. The predicted molar refractivity (Wildman–Crippen MR) is 322 cm³/mol. The van der Waals surface area contributed by atoms with Gasteiger partial charge in [-0.15, -0.1) is 0 Å². The van der Waals surface area contributed by atoms with Gasteiger partial charge in [-0.25, -0.2) is 0 Å². The first-order valence-corrected chi connectivity index (χ1v) is 28.0. The highest BCUT2D eigenvalue weighted by Gasteiger charge is 2.42. The van der Waals surface area contributed by atoms with E-state index in [2.05, 4.69) is 300 Å². The van der Waals surface area contributed by atoms with Crippen molar-refractivity contribution in [3.8, 4) is 33.6 Å². The molecular formula is C72H48N2Si. The van der Waals surface area contributed by atoms with Crippen LogP contribution in [0, 0.1) is 0 Å². The van der Waals surface area contributed by atoms with Gasteiger partial charge >= 0.3 is 0 Å². The van der Waals surface area contributed by atoms with Gasteiger partial charge in [0.2, 0.25) is 0 Å². The molecule has 15 rings (SSSR count). The van der Waals surface area contributed by atoms with Gasteiger partial charge in [-0.1, -0.05) is 237 Å². The molecular weight excluding hydrogens is 921 g/mol. The Bertz CT molecular complexity index is 4500. The molecule has 3 heteroatoms. The summed E-state index contributed by atoms with van der Waals surface area (Å²) in [4.78, 5) is 0. The van der Waals surface area contributed by atoms with Crippen molar-refractivity contribution in [3.05, 3.63) is 291 Å². The first-order valence-electron chi connectivity index (χ1n) is 26.0. The molecule has 0 unspecified atom stereocenters. The Balaban J connectivity index is 1.06. The molecule has 2 aromatic heterocycles. The third kappa shape index (κ3) is 6.65. The molecule has 0 bridgehead atoms. The normalized spacial score (nSPS) is 12.0. The number of hydrogen-bond donors (Lipinski definition) is 0. The third-order valence-electron chi connectivity index (χ3n) is 16.0. The van der Waals surface area contributed by atoms with E-state index in [0.29, 0.717) is 0 Å². The van der Waals surface area contributed by atoms with Gasteiger partial charge in [0.05, 0.1) is 22.1 Å². The highest BCUT2D eigenvalue weighted by Crippen LogP contribution is 2.44. The summed E-state index contributed by atoms with van der Waals surface area (Å²) in [5.41, 5.74) is 11.8. The Hall–Kier alpha value is -9.54. The molecule has 0 fully saturated rings. The van der Waals surface area contributed by atoms with Crippen molar-refractivity contribution in [2.24, 2.45) is 0 Å². The van der Waals surface area contributed by atoms with Gasteiger partial charge < -0.3 is 9.13 Å². The second-order valence-electron chi connectivity index (χ2n) is 19.9. The first-order chi connectivity index (χ1) is 37.2. The lowest BCUT2D eigenvalue weighted by Gasteiger charge is -2.35.